The standard InChI is InChI=1S/C23H23FN2O2/c1-26-8-7-22(17-3-2-4-19(27)10-17)13-21-16(12-23(22,28)14-26)9-15-5-6-18(24)11-20(15)25-21/h2-6,9-11,27-28H,7-8,12-14H2,1H3/t22-,23-/m0/s1. The van der Waals surface area contributed by atoms with Gasteiger partial charge in [0.1, 0.15) is 11.6 Å². The van der Waals surface area contributed by atoms with Crippen LogP contribution in [0.1, 0.15) is 23.2 Å². The molecule has 2 atom stereocenters. The summed E-state index contributed by atoms with van der Waals surface area (Å²) < 4.78 is 13.7. The Kier molecular flexibility index (Phi) is 3.77. The lowest BCUT2D eigenvalue weighted by Gasteiger charge is -2.56. The number of pyridine rings is 1. The molecule has 1 saturated heterocycles. The molecule has 2 aliphatic rings. The average Bonchev–Trinajstić information content (AvgIpc) is 2.64. The van der Waals surface area contributed by atoms with Gasteiger partial charge in [0.25, 0.3) is 0 Å². The molecule has 5 rings (SSSR count). The molecule has 2 N–H and O–H groups in total. The van der Waals surface area contributed by atoms with Gasteiger partial charge < -0.3 is 15.1 Å². The number of benzene rings is 2. The third-order valence-corrected chi connectivity index (χ3v) is 6.64. The smallest absolute Gasteiger partial charge is 0.125 e. The van der Waals surface area contributed by atoms with Crippen LogP contribution >= 0.6 is 0 Å². The summed E-state index contributed by atoms with van der Waals surface area (Å²) in [6.45, 7) is 1.42. The predicted molar refractivity (Wildman–Crippen MR) is 106 cm³/mol. The van der Waals surface area contributed by atoms with Crippen LogP contribution in [0, 0.1) is 5.82 Å². The van der Waals surface area contributed by atoms with Crippen molar-refractivity contribution in [1.82, 2.24) is 9.88 Å². The summed E-state index contributed by atoms with van der Waals surface area (Å²) in [5.41, 5.74) is 2.02. The SMILES string of the molecule is CN1CC[C@@]2(c3cccc(O)c3)Cc3nc4cc(F)ccc4cc3C[C@]2(O)C1. The number of likely N-dealkylation sites (tertiary alicyclic amines) is 1. The van der Waals surface area contributed by atoms with E-state index in [1.54, 1.807) is 18.2 Å². The summed E-state index contributed by atoms with van der Waals surface area (Å²) >= 11 is 0. The molecular weight excluding hydrogens is 355 g/mol. The highest BCUT2D eigenvalue weighted by Crippen LogP contribution is 2.50. The number of fused-ring (bicyclic) bond motifs is 3. The average molecular weight is 378 g/mol. The third-order valence-electron chi connectivity index (χ3n) is 6.64. The molecule has 1 aromatic heterocycles. The first kappa shape index (κ1) is 17.6. The van der Waals surface area contributed by atoms with Crippen molar-refractivity contribution in [3.63, 3.8) is 0 Å². The van der Waals surface area contributed by atoms with Gasteiger partial charge in [-0.2, -0.15) is 0 Å². The number of likely N-dealkylation sites (N-methyl/N-ethyl adjacent to an activating group) is 1. The van der Waals surface area contributed by atoms with Crippen LogP contribution in [0.4, 0.5) is 4.39 Å². The Balaban J connectivity index is 1.71. The number of piperidine rings is 1. The zero-order valence-corrected chi connectivity index (χ0v) is 15.8. The Morgan fingerprint density at radius 1 is 1.11 bits per heavy atom. The molecule has 0 radical (unpaired) electrons. The van der Waals surface area contributed by atoms with Gasteiger partial charge in [-0.1, -0.05) is 12.1 Å². The first-order chi connectivity index (χ1) is 13.4. The molecule has 0 bridgehead atoms. The van der Waals surface area contributed by atoms with E-state index in [1.807, 2.05) is 25.2 Å². The van der Waals surface area contributed by atoms with E-state index < -0.39 is 11.0 Å². The second-order valence-corrected chi connectivity index (χ2v) is 8.44. The molecule has 0 unspecified atom stereocenters. The second-order valence-electron chi connectivity index (χ2n) is 8.44. The van der Waals surface area contributed by atoms with Crippen molar-refractivity contribution in [2.24, 2.45) is 0 Å². The minimum absolute atomic E-state index is 0.201. The minimum atomic E-state index is -0.962. The quantitative estimate of drug-likeness (QED) is 0.683. The molecule has 28 heavy (non-hydrogen) atoms. The number of rotatable bonds is 1. The molecule has 0 saturated carbocycles. The van der Waals surface area contributed by atoms with Gasteiger partial charge in [0.15, 0.2) is 0 Å². The molecular formula is C23H23FN2O2. The zero-order chi connectivity index (χ0) is 19.5. The van der Waals surface area contributed by atoms with Gasteiger partial charge >= 0.3 is 0 Å². The Morgan fingerprint density at radius 3 is 2.79 bits per heavy atom. The summed E-state index contributed by atoms with van der Waals surface area (Å²) in [5.74, 6) is -0.0956. The van der Waals surface area contributed by atoms with Crippen molar-refractivity contribution in [3.05, 3.63) is 71.2 Å². The molecule has 1 aliphatic heterocycles. The summed E-state index contributed by atoms with van der Waals surface area (Å²) in [4.78, 5) is 6.95. The van der Waals surface area contributed by atoms with Crippen molar-refractivity contribution in [2.45, 2.75) is 30.3 Å². The fraction of sp³-hybridized carbons (Fsp3) is 0.348. The van der Waals surface area contributed by atoms with Gasteiger partial charge in [-0.15, -0.1) is 0 Å². The number of aromatic nitrogens is 1. The van der Waals surface area contributed by atoms with Gasteiger partial charge in [-0.3, -0.25) is 4.98 Å². The highest BCUT2D eigenvalue weighted by Gasteiger charge is 2.56. The maximum atomic E-state index is 13.7. The number of hydrogen-bond donors (Lipinski definition) is 2. The lowest BCUT2D eigenvalue weighted by molar-refractivity contribution is -0.0976. The van der Waals surface area contributed by atoms with E-state index in [-0.39, 0.29) is 11.6 Å². The largest absolute Gasteiger partial charge is 0.508 e. The highest BCUT2D eigenvalue weighted by molar-refractivity contribution is 5.80. The Labute approximate surface area is 163 Å². The van der Waals surface area contributed by atoms with Gasteiger partial charge in [-0.25, -0.2) is 4.39 Å². The van der Waals surface area contributed by atoms with Crippen LogP contribution in [0.5, 0.6) is 5.75 Å². The molecule has 3 aromatic rings. The topological polar surface area (TPSA) is 56.6 Å². The molecule has 0 amide bonds. The van der Waals surface area contributed by atoms with Crippen LogP contribution in [-0.4, -0.2) is 45.8 Å². The third kappa shape index (κ3) is 2.54. The van der Waals surface area contributed by atoms with Crippen LogP contribution in [0.15, 0.2) is 48.5 Å². The molecule has 0 spiro atoms. The predicted octanol–water partition coefficient (Wildman–Crippen LogP) is 3.18. The summed E-state index contributed by atoms with van der Waals surface area (Å²) in [5, 5.41) is 22.9. The van der Waals surface area contributed by atoms with E-state index in [2.05, 4.69) is 4.90 Å². The van der Waals surface area contributed by atoms with Crippen LogP contribution in [0.3, 0.4) is 0 Å². The monoisotopic (exact) mass is 378 g/mol. The lowest BCUT2D eigenvalue weighted by atomic mass is 9.56. The first-order valence-electron chi connectivity index (χ1n) is 9.67. The minimum Gasteiger partial charge on any atom is -0.508 e. The van der Waals surface area contributed by atoms with Crippen molar-refractivity contribution < 1.29 is 14.6 Å². The van der Waals surface area contributed by atoms with E-state index in [4.69, 9.17) is 4.98 Å². The van der Waals surface area contributed by atoms with Gasteiger partial charge in [0, 0.05) is 41.9 Å². The normalized spacial score (nSPS) is 27.4. The molecule has 5 heteroatoms. The number of aliphatic hydroxyl groups is 1. The molecule has 144 valence electrons. The Bertz CT molecular complexity index is 1090. The molecule has 1 fully saturated rings. The van der Waals surface area contributed by atoms with Gasteiger partial charge in [0.2, 0.25) is 0 Å². The first-order valence-corrected chi connectivity index (χ1v) is 9.67. The number of nitrogens with zero attached hydrogens (tertiary/aromatic N) is 2. The number of aromatic hydroxyl groups is 1. The van der Waals surface area contributed by atoms with Crippen LogP contribution in [0.25, 0.3) is 10.9 Å². The fourth-order valence-corrected chi connectivity index (χ4v) is 5.22. The van der Waals surface area contributed by atoms with Crippen molar-refractivity contribution in [1.29, 1.82) is 0 Å². The van der Waals surface area contributed by atoms with Crippen LogP contribution in [-0.2, 0) is 18.3 Å². The van der Waals surface area contributed by atoms with Crippen molar-refractivity contribution in [2.75, 3.05) is 20.1 Å². The maximum Gasteiger partial charge on any atom is 0.125 e. The Morgan fingerprint density at radius 2 is 1.96 bits per heavy atom. The van der Waals surface area contributed by atoms with E-state index in [1.165, 1.54) is 12.1 Å². The molecule has 4 nitrogen and oxygen atoms in total. The number of phenolic OH excluding ortho intramolecular Hbond substituents is 1. The summed E-state index contributed by atoms with van der Waals surface area (Å²) in [6, 6.07) is 13.9. The second kappa shape index (κ2) is 6.00. The Hall–Kier alpha value is -2.50. The zero-order valence-electron chi connectivity index (χ0n) is 15.8. The summed E-state index contributed by atoms with van der Waals surface area (Å²) in [6.07, 6.45) is 1.83. The van der Waals surface area contributed by atoms with Crippen molar-refractivity contribution in [3.8, 4) is 5.75 Å². The summed E-state index contributed by atoms with van der Waals surface area (Å²) in [7, 11) is 2.03. The van der Waals surface area contributed by atoms with Gasteiger partial charge in [0.05, 0.1) is 11.1 Å². The van der Waals surface area contributed by atoms with Crippen molar-refractivity contribution >= 4 is 10.9 Å². The van der Waals surface area contributed by atoms with E-state index in [0.717, 1.165) is 35.2 Å². The van der Waals surface area contributed by atoms with Crippen LogP contribution in [0.2, 0.25) is 0 Å². The number of phenols is 1. The number of β-amino-alcohol motifs (C(OH)–C–C–N with tert-alkyl or cyclic N) is 1. The van der Waals surface area contributed by atoms with E-state index in [9.17, 15) is 14.6 Å². The number of halogens is 1. The maximum absolute atomic E-state index is 13.7. The van der Waals surface area contributed by atoms with Crippen LogP contribution < -0.4 is 0 Å². The molecule has 1 aliphatic carbocycles. The lowest BCUT2D eigenvalue weighted by Crippen LogP contribution is -2.66. The number of hydrogen-bond acceptors (Lipinski definition) is 4. The fourth-order valence-electron chi connectivity index (χ4n) is 5.22. The van der Waals surface area contributed by atoms with E-state index >= 15 is 0 Å². The highest BCUT2D eigenvalue weighted by atomic mass is 19.1. The molecule has 2 aromatic carbocycles. The van der Waals surface area contributed by atoms with E-state index in [0.29, 0.717) is 24.9 Å². The van der Waals surface area contributed by atoms with Gasteiger partial charge in [-0.05, 0) is 61.5 Å². The molecule has 2 heterocycles.